The summed E-state index contributed by atoms with van der Waals surface area (Å²) >= 11 is 0. The van der Waals surface area contributed by atoms with Gasteiger partial charge >= 0.3 is 12.1 Å². The zero-order valence-corrected chi connectivity index (χ0v) is 24.1. The van der Waals surface area contributed by atoms with Gasteiger partial charge in [0.15, 0.2) is 0 Å². The van der Waals surface area contributed by atoms with E-state index in [4.69, 9.17) is 9.47 Å². The lowest BCUT2D eigenvalue weighted by atomic mass is 9.96. The van der Waals surface area contributed by atoms with Crippen molar-refractivity contribution in [3.05, 3.63) is 48.0 Å². The summed E-state index contributed by atoms with van der Waals surface area (Å²) < 4.78 is 10.1. The first-order chi connectivity index (χ1) is 19.5. The molecule has 1 aromatic rings. The number of carbonyl (C=O) groups excluding carboxylic acids is 5. The molecule has 5 atom stereocenters. The second kappa shape index (κ2) is 17.0. The van der Waals surface area contributed by atoms with Crippen LogP contribution in [0.4, 0.5) is 4.79 Å². The number of esters is 1. The maximum atomic E-state index is 13.4. The van der Waals surface area contributed by atoms with Crippen LogP contribution in [-0.2, 0) is 35.3 Å². The van der Waals surface area contributed by atoms with Crippen molar-refractivity contribution in [1.82, 2.24) is 21.3 Å². The number of hydrogen-bond donors (Lipinski definition) is 5. The number of benzene rings is 1. The third kappa shape index (κ3) is 12.0. The van der Waals surface area contributed by atoms with E-state index in [0.717, 1.165) is 5.56 Å². The van der Waals surface area contributed by atoms with Gasteiger partial charge in [0, 0.05) is 24.6 Å². The molecule has 1 fully saturated rings. The molecule has 12 nitrogen and oxygen atoms in total. The minimum atomic E-state index is -1.39. The minimum absolute atomic E-state index is 0.00557. The van der Waals surface area contributed by atoms with Crippen molar-refractivity contribution in [3.8, 4) is 0 Å². The molecular formula is C29H42N4O8. The van der Waals surface area contributed by atoms with Gasteiger partial charge in [0.25, 0.3) is 0 Å². The minimum Gasteiger partial charge on any atom is -0.463 e. The predicted octanol–water partition coefficient (Wildman–Crippen LogP) is 1.32. The Morgan fingerprint density at radius 2 is 1.76 bits per heavy atom. The Labute approximate surface area is 240 Å². The van der Waals surface area contributed by atoms with Crippen LogP contribution in [0.25, 0.3) is 0 Å². The largest absolute Gasteiger partial charge is 0.463 e. The fraction of sp³-hybridized carbons (Fsp3) is 0.552. The van der Waals surface area contributed by atoms with Gasteiger partial charge in [-0.3, -0.25) is 14.4 Å². The molecule has 0 aromatic heterocycles. The molecule has 1 aliphatic rings. The molecule has 226 valence electrons. The van der Waals surface area contributed by atoms with Crippen LogP contribution in [0.15, 0.2) is 42.5 Å². The van der Waals surface area contributed by atoms with Gasteiger partial charge in [0.1, 0.15) is 18.7 Å². The highest BCUT2D eigenvalue weighted by Crippen LogP contribution is 2.17. The molecule has 0 spiro atoms. The molecule has 1 aromatic carbocycles. The predicted molar refractivity (Wildman–Crippen MR) is 150 cm³/mol. The standard InChI is InChI=1S/C29H42N4O8/c1-5-40-24(35)12-11-22(16-21-13-14-30-26(21)36)31-27(37)23(15-18(2)3)32-28(38)25(19(4)34)33-29(39)41-17-20-9-7-6-8-10-20/h6-12,18-19,21-23,25,34H,5,13-17H2,1-4H3,(H,30,36)(H,31,37)(H,32,38)(H,33,39)/b12-11+/t19?,21?,22-,23-,25+/m1/s1. The van der Waals surface area contributed by atoms with Crippen LogP contribution in [0.5, 0.6) is 0 Å². The Kier molecular flexibility index (Phi) is 13.8. The molecular weight excluding hydrogens is 532 g/mol. The number of hydrogen-bond acceptors (Lipinski definition) is 8. The lowest BCUT2D eigenvalue weighted by Gasteiger charge is -2.27. The molecule has 2 rings (SSSR count). The maximum absolute atomic E-state index is 13.4. The average Bonchev–Trinajstić information content (AvgIpc) is 3.32. The van der Waals surface area contributed by atoms with Crippen molar-refractivity contribution >= 4 is 29.8 Å². The van der Waals surface area contributed by atoms with Crippen LogP contribution in [0.2, 0.25) is 0 Å². The Morgan fingerprint density at radius 1 is 1.05 bits per heavy atom. The van der Waals surface area contributed by atoms with Gasteiger partial charge in [0.05, 0.1) is 12.7 Å². The fourth-order valence-corrected chi connectivity index (χ4v) is 4.29. The lowest BCUT2D eigenvalue weighted by molar-refractivity contribution is -0.137. The van der Waals surface area contributed by atoms with Crippen LogP contribution in [0, 0.1) is 11.8 Å². The number of alkyl carbamates (subject to hydrolysis) is 1. The van der Waals surface area contributed by atoms with Crippen molar-refractivity contribution in [2.24, 2.45) is 11.8 Å². The summed E-state index contributed by atoms with van der Waals surface area (Å²) in [6, 6.07) is 5.86. The zero-order chi connectivity index (χ0) is 30.4. The first-order valence-corrected chi connectivity index (χ1v) is 13.9. The number of nitrogens with one attached hydrogen (secondary N) is 4. The second-order valence-electron chi connectivity index (χ2n) is 10.4. The smallest absolute Gasteiger partial charge is 0.408 e. The molecule has 0 saturated carbocycles. The third-order valence-electron chi connectivity index (χ3n) is 6.37. The SMILES string of the molecule is CCOC(=O)/C=C/[C@H](CC1CCNC1=O)NC(=O)[C@@H](CC(C)C)NC(=O)[C@@H](NC(=O)OCc1ccccc1)C(C)O. The summed E-state index contributed by atoms with van der Waals surface area (Å²) in [6.45, 7) is 7.44. The highest BCUT2D eigenvalue weighted by atomic mass is 16.5. The quantitative estimate of drug-likeness (QED) is 0.154. The van der Waals surface area contributed by atoms with Crippen molar-refractivity contribution in [2.45, 2.75) is 77.8 Å². The number of rotatable bonds is 15. The van der Waals surface area contributed by atoms with Gasteiger partial charge in [-0.15, -0.1) is 0 Å². The van der Waals surface area contributed by atoms with Crippen molar-refractivity contribution in [3.63, 3.8) is 0 Å². The van der Waals surface area contributed by atoms with E-state index in [2.05, 4.69) is 21.3 Å². The molecule has 12 heteroatoms. The summed E-state index contributed by atoms with van der Waals surface area (Å²) in [4.78, 5) is 62.9. The molecule has 1 heterocycles. The third-order valence-corrected chi connectivity index (χ3v) is 6.37. The number of amides is 4. The van der Waals surface area contributed by atoms with Crippen molar-refractivity contribution in [1.29, 1.82) is 0 Å². The summed E-state index contributed by atoms with van der Waals surface area (Å²) in [7, 11) is 0. The molecule has 0 aliphatic carbocycles. The van der Waals surface area contributed by atoms with E-state index in [9.17, 15) is 29.1 Å². The van der Waals surface area contributed by atoms with Crippen LogP contribution in [0.3, 0.4) is 0 Å². The molecule has 4 amide bonds. The topological polar surface area (TPSA) is 172 Å². The number of carbonyl (C=O) groups is 5. The van der Waals surface area contributed by atoms with Gasteiger partial charge in [-0.1, -0.05) is 50.3 Å². The lowest BCUT2D eigenvalue weighted by Crippen LogP contribution is -2.58. The number of aliphatic hydroxyl groups is 1. The Balaban J connectivity index is 2.10. The number of ether oxygens (including phenoxy) is 2. The van der Waals surface area contributed by atoms with Crippen LogP contribution < -0.4 is 21.3 Å². The molecule has 41 heavy (non-hydrogen) atoms. The Bertz CT molecular complexity index is 1060. The number of aliphatic hydroxyl groups excluding tert-OH is 1. The highest BCUT2D eigenvalue weighted by Gasteiger charge is 2.32. The van der Waals surface area contributed by atoms with Crippen LogP contribution >= 0.6 is 0 Å². The van der Waals surface area contributed by atoms with Crippen LogP contribution in [-0.4, -0.2) is 72.3 Å². The molecule has 2 unspecified atom stereocenters. The van der Waals surface area contributed by atoms with E-state index >= 15 is 0 Å². The molecule has 5 N–H and O–H groups in total. The monoisotopic (exact) mass is 574 g/mol. The van der Waals surface area contributed by atoms with E-state index in [-0.39, 0.29) is 43.8 Å². The Morgan fingerprint density at radius 3 is 2.34 bits per heavy atom. The normalized spacial score (nSPS) is 17.7. The average molecular weight is 575 g/mol. The molecule has 1 saturated heterocycles. The maximum Gasteiger partial charge on any atom is 0.408 e. The van der Waals surface area contributed by atoms with Gasteiger partial charge in [-0.05, 0) is 44.6 Å². The summed E-state index contributed by atoms with van der Waals surface area (Å²) in [5.41, 5.74) is 0.746. The van der Waals surface area contributed by atoms with E-state index in [0.29, 0.717) is 13.0 Å². The van der Waals surface area contributed by atoms with E-state index < -0.39 is 48.1 Å². The molecule has 0 bridgehead atoms. The Hall–Kier alpha value is -3.93. The van der Waals surface area contributed by atoms with Gasteiger partial charge in [-0.2, -0.15) is 0 Å². The van der Waals surface area contributed by atoms with E-state index in [1.54, 1.807) is 31.2 Å². The zero-order valence-electron chi connectivity index (χ0n) is 24.1. The molecule has 1 aliphatic heterocycles. The van der Waals surface area contributed by atoms with Crippen molar-refractivity contribution < 1.29 is 38.6 Å². The molecule has 0 radical (unpaired) electrons. The van der Waals surface area contributed by atoms with Gasteiger partial charge in [0.2, 0.25) is 17.7 Å². The van der Waals surface area contributed by atoms with E-state index in [1.807, 2.05) is 19.9 Å². The summed E-state index contributed by atoms with van der Waals surface area (Å²) in [5.74, 6) is -2.39. The highest BCUT2D eigenvalue weighted by molar-refractivity contribution is 5.92. The van der Waals surface area contributed by atoms with E-state index in [1.165, 1.54) is 19.1 Å². The first-order valence-electron chi connectivity index (χ1n) is 13.9. The van der Waals surface area contributed by atoms with Gasteiger partial charge in [-0.25, -0.2) is 9.59 Å². The summed E-state index contributed by atoms with van der Waals surface area (Å²) in [6.07, 6.45) is 1.57. The second-order valence-corrected chi connectivity index (χ2v) is 10.4. The summed E-state index contributed by atoms with van der Waals surface area (Å²) in [5, 5.41) is 20.8. The van der Waals surface area contributed by atoms with Crippen LogP contribution in [0.1, 0.15) is 52.5 Å². The van der Waals surface area contributed by atoms with Gasteiger partial charge < -0.3 is 35.8 Å². The first kappa shape index (κ1) is 33.3. The fourth-order valence-electron chi connectivity index (χ4n) is 4.29. The van der Waals surface area contributed by atoms with Crippen molar-refractivity contribution in [2.75, 3.05) is 13.2 Å².